The van der Waals surface area contributed by atoms with E-state index in [1.807, 2.05) is 18.2 Å². The molecule has 2 rings (SSSR count). The van der Waals surface area contributed by atoms with Crippen molar-refractivity contribution in [2.24, 2.45) is 0 Å². The third-order valence-corrected chi connectivity index (χ3v) is 2.51. The highest BCUT2D eigenvalue weighted by atomic mass is 19.1. The van der Waals surface area contributed by atoms with E-state index in [4.69, 9.17) is 9.84 Å². The van der Waals surface area contributed by atoms with Gasteiger partial charge in [-0.2, -0.15) is 0 Å². The van der Waals surface area contributed by atoms with E-state index in [0.717, 1.165) is 5.69 Å². The molecule has 0 aliphatic rings. The number of aromatic nitrogens is 1. The lowest BCUT2D eigenvalue weighted by atomic mass is 10.1. The van der Waals surface area contributed by atoms with Crippen molar-refractivity contribution in [2.75, 3.05) is 0 Å². The van der Waals surface area contributed by atoms with Crippen LogP contribution in [0.25, 0.3) is 0 Å². The summed E-state index contributed by atoms with van der Waals surface area (Å²) >= 11 is 0. The molecule has 4 nitrogen and oxygen atoms in total. The lowest BCUT2D eigenvalue weighted by Crippen LogP contribution is -2.02. The monoisotopic (exact) mass is 261 g/mol. The molecule has 1 aromatic heterocycles. The highest BCUT2D eigenvalue weighted by molar-refractivity contribution is 5.87. The van der Waals surface area contributed by atoms with Crippen molar-refractivity contribution in [3.8, 4) is 0 Å². The second-order valence-corrected chi connectivity index (χ2v) is 3.93. The number of carbonyl (C=O) groups is 1. The largest absolute Gasteiger partial charge is 0.478 e. The quantitative estimate of drug-likeness (QED) is 0.898. The highest BCUT2D eigenvalue weighted by Gasteiger charge is 2.10. The van der Waals surface area contributed by atoms with Crippen LogP contribution in [0.3, 0.4) is 0 Å². The van der Waals surface area contributed by atoms with E-state index in [2.05, 4.69) is 4.98 Å². The average Bonchev–Trinajstić information content (AvgIpc) is 2.39. The van der Waals surface area contributed by atoms with Crippen LogP contribution in [-0.2, 0) is 18.0 Å². The summed E-state index contributed by atoms with van der Waals surface area (Å²) in [5.41, 5.74) is 1.03. The lowest BCUT2D eigenvalue weighted by Gasteiger charge is -2.05. The molecule has 0 radical (unpaired) electrons. The Morgan fingerprint density at radius 1 is 1.26 bits per heavy atom. The summed E-state index contributed by atoms with van der Waals surface area (Å²) in [5.74, 6) is -2.04. The van der Waals surface area contributed by atoms with Crippen molar-refractivity contribution < 1.29 is 19.0 Å². The van der Waals surface area contributed by atoms with Gasteiger partial charge in [-0.3, -0.25) is 4.98 Å². The first-order chi connectivity index (χ1) is 9.16. The van der Waals surface area contributed by atoms with Crippen LogP contribution in [0.1, 0.15) is 21.6 Å². The van der Waals surface area contributed by atoms with Crippen LogP contribution in [0.2, 0.25) is 0 Å². The van der Waals surface area contributed by atoms with Crippen molar-refractivity contribution in [1.29, 1.82) is 0 Å². The molecule has 1 aromatic carbocycles. The average molecular weight is 261 g/mol. The van der Waals surface area contributed by atoms with Crippen molar-refractivity contribution >= 4 is 5.97 Å². The Morgan fingerprint density at radius 3 is 2.74 bits per heavy atom. The number of carboxylic acid groups (broad SMARTS) is 1. The Kier molecular flexibility index (Phi) is 4.20. The van der Waals surface area contributed by atoms with E-state index in [1.54, 1.807) is 6.20 Å². The van der Waals surface area contributed by atoms with Crippen LogP contribution >= 0.6 is 0 Å². The van der Waals surface area contributed by atoms with Crippen LogP contribution in [0, 0.1) is 5.82 Å². The van der Waals surface area contributed by atoms with E-state index in [9.17, 15) is 9.18 Å². The van der Waals surface area contributed by atoms with Gasteiger partial charge < -0.3 is 9.84 Å². The number of pyridine rings is 1. The second-order valence-electron chi connectivity index (χ2n) is 3.93. The van der Waals surface area contributed by atoms with E-state index in [0.29, 0.717) is 12.2 Å². The predicted octanol–water partition coefficient (Wildman–Crippen LogP) is 2.64. The third kappa shape index (κ3) is 3.59. The normalized spacial score (nSPS) is 10.4. The molecule has 0 spiro atoms. The van der Waals surface area contributed by atoms with Gasteiger partial charge in [-0.05, 0) is 29.8 Å². The number of halogens is 1. The topological polar surface area (TPSA) is 59.4 Å². The molecule has 0 saturated carbocycles. The molecular weight excluding hydrogens is 249 g/mol. The van der Waals surface area contributed by atoms with Gasteiger partial charge in [0.15, 0.2) is 0 Å². The predicted molar refractivity (Wildman–Crippen MR) is 66.1 cm³/mol. The molecule has 19 heavy (non-hydrogen) atoms. The van der Waals surface area contributed by atoms with Crippen LogP contribution in [-0.4, -0.2) is 16.1 Å². The molecule has 0 aliphatic heterocycles. The fourth-order valence-corrected chi connectivity index (χ4v) is 1.58. The summed E-state index contributed by atoms with van der Waals surface area (Å²) in [6.07, 6.45) is 1.67. The minimum absolute atomic E-state index is 0.202. The fraction of sp³-hybridized carbons (Fsp3) is 0.143. The molecule has 0 unspecified atom stereocenters. The van der Waals surface area contributed by atoms with E-state index in [-0.39, 0.29) is 12.2 Å². The number of ether oxygens (including phenoxy) is 1. The van der Waals surface area contributed by atoms with Gasteiger partial charge >= 0.3 is 5.97 Å². The zero-order valence-corrected chi connectivity index (χ0v) is 10.0. The fourth-order valence-electron chi connectivity index (χ4n) is 1.58. The maximum atomic E-state index is 13.4. The van der Waals surface area contributed by atoms with Crippen LogP contribution < -0.4 is 0 Å². The maximum Gasteiger partial charge on any atom is 0.338 e. The maximum absolute atomic E-state index is 13.4. The molecule has 0 saturated heterocycles. The molecule has 0 aliphatic carbocycles. The zero-order valence-electron chi connectivity index (χ0n) is 10.0. The molecule has 0 amide bonds. The van der Waals surface area contributed by atoms with E-state index >= 15 is 0 Å². The Balaban J connectivity index is 1.93. The smallest absolute Gasteiger partial charge is 0.338 e. The SMILES string of the molecule is O=C(O)c1ccc(COCc2ccccn2)cc1F. The first-order valence-electron chi connectivity index (χ1n) is 5.66. The van der Waals surface area contributed by atoms with Gasteiger partial charge in [0, 0.05) is 6.20 Å². The van der Waals surface area contributed by atoms with Gasteiger partial charge in [-0.15, -0.1) is 0 Å². The van der Waals surface area contributed by atoms with Crippen LogP contribution in [0.4, 0.5) is 4.39 Å². The summed E-state index contributed by atoms with van der Waals surface area (Å²) in [5, 5.41) is 8.70. The summed E-state index contributed by atoms with van der Waals surface area (Å²) in [6.45, 7) is 0.524. The molecule has 0 bridgehead atoms. The first-order valence-corrected chi connectivity index (χ1v) is 5.66. The minimum Gasteiger partial charge on any atom is -0.478 e. The second kappa shape index (κ2) is 6.06. The number of rotatable bonds is 5. The van der Waals surface area contributed by atoms with Gasteiger partial charge in [0.1, 0.15) is 5.82 Å². The number of nitrogens with zero attached hydrogens (tertiary/aromatic N) is 1. The molecule has 0 atom stereocenters. The highest BCUT2D eigenvalue weighted by Crippen LogP contribution is 2.12. The van der Waals surface area contributed by atoms with E-state index in [1.165, 1.54) is 18.2 Å². The van der Waals surface area contributed by atoms with Crippen LogP contribution in [0.5, 0.6) is 0 Å². The number of hydrogen-bond acceptors (Lipinski definition) is 3. The van der Waals surface area contributed by atoms with Gasteiger partial charge in [0.05, 0.1) is 24.5 Å². The number of benzene rings is 1. The van der Waals surface area contributed by atoms with Gasteiger partial charge in [0.25, 0.3) is 0 Å². The molecule has 5 heteroatoms. The zero-order chi connectivity index (χ0) is 13.7. The Morgan fingerprint density at radius 2 is 2.11 bits per heavy atom. The molecular formula is C14H12FNO3. The Labute approximate surface area is 109 Å². The van der Waals surface area contributed by atoms with E-state index < -0.39 is 11.8 Å². The molecule has 1 N–H and O–H groups in total. The third-order valence-electron chi connectivity index (χ3n) is 2.51. The number of hydrogen-bond donors (Lipinski definition) is 1. The number of carboxylic acids is 1. The first kappa shape index (κ1) is 13.2. The summed E-state index contributed by atoms with van der Waals surface area (Å²) < 4.78 is 18.8. The Bertz CT molecular complexity index is 572. The summed E-state index contributed by atoms with van der Waals surface area (Å²) in [6, 6.07) is 9.43. The number of aromatic carboxylic acids is 1. The summed E-state index contributed by atoms with van der Waals surface area (Å²) in [4.78, 5) is 14.7. The van der Waals surface area contributed by atoms with Crippen LogP contribution in [0.15, 0.2) is 42.6 Å². The lowest BCUT2D eigenvalue weighted by molar-refractivity contribution is 0.0691. The molecule has 2 aromatic rings. The van der Waals surface area contributed by atoms with Crippen molar-refractivity contribution in [3.05, 3.63) is 65.2 Å². The minimum atomic E-state index is -1.28. The van der Waals surface area contributed by atoms with Gasteiger partial charge in [-0.1, -0.05) is 12.1 Å². The van der Waals surface area contributed by atoms with Crippen molar-refractivity contribution in [3.63, 3.8) is 0 Å². The van der Waals surface area contributed by atoms with Gasteiger partial charge in [-0.25, -0.2) is 9.18 Å². The van der Waals surface area contributed by atoms with Gasteiger partial charge in [0.2, 0.25) is 0 Å². The molecule has 0 fully saturated rings. The summed E-state index contributed by atoms with van der Waals surface area (Å²) in [7, 11) is 0. The standard InChI is InChI=1S/C14H12FNO3/c15-13-7-10(4-5-12(13)14(17)18)8-19-9-11-3-1-2-6-16-11/h1-7H,8-9H2,(H,17,18). The van der Waals surface area contributed by atoms with Crippen molar-refractivity contribution in [2.45, 2.75) is 13.2 Å². The van der Waals surface area contributed by atoms with Crippen molar-refractivity contribution in [1.82, 2.24) is 4.98 Å². The molecule has 98 valence electrons. The molecule has 1 heterocycles. The Hall–Kier alpha value is -2.27.